The zero-order valence-corrected chi connectivity index (χ0v) is 13.8. The van der Waals surface area contributed by atoms with Crippen molar-refractivity contribution in [2.75, 3.05) is 24.4 Å². The topological polar surface area (TPSA) is 103 Å². The minimum atomic E-state index is -2.55. The molecule has 1 atom stereocenters. The van der Waals surface area contributed by atoms with Crippen molar-refractivity contribution >= 4 is 27.4 Å². The highest BCUT2D eigenvalue weighted by atomic mass is 32.2. The van der Waals surface area contributed by atoms with Crippen LogP contribution in [0.2, 0.25) is 0 Å². The van der Waals surface area contributed by atoms with Gasteiger partial charge in [-0.15, -0.1) is 0 Å². The van der Waals surface area contributed by atoms with Crippen molar-refractivity contribution in [3.8, 4) is 6.07 Å². The molecule has 3 amide bonds. The Balaban J connectivity index is 2.13. The molecular formula is C15H18N4O3S. The number of rotatable bonds is 2. The Labute approximate surface area is 135 Å². The van der Waals surface area contributed by atoms with E-state index in [1.165, 1.54) is 17.4 Å². The molecule has 0 spiro atoms. The minimum Gasteiger partial charge on any atom is -0.312 e. The number of likely N-dealkylation sites (tertiary alicyclic amines) is 1. The summed E-state index contributed by atoms with van der Waals surface area (Å²) in [4.78, 5) is 25.9. The van der Waals surface area contributed by atoms with Crippen LogP contribution in [0.3, 0.4) is 0 Å². The smallest absolute Gasteiger partial charge is 0.312 e. The van der Waals surface area contributed by atoms with Crippen LogP contribution in [0.5, 0.6) is 0 Å². The molecule has 1 fully saturated rings. The third-order valence-electron chi connectivity index (χ3n) is 3.35. The first-order valence-corrected chi connectivity index (χ1v) is 9.42. The van der Waals surface area contributed by atoms with Crippen LogP contribution in [-0.2, 0) is 14.5 Å². The van der Waals surface area contributed by atoms with Crippen LogP contribution in [0, 0.1) is 11.3 Å². The second kappa shape index (κ2) is 6.79. The summed E-state index contributed by atoms with van der Waals surface area (Å²) >= 11 is 0. The predicted octanol–water partition coefficient (Wildman–Crippen LogP) is 1.81. The van der Waals surface area contributed by atoms with Crippen LogP contribution in [0.25, 0.3) is 0 Å². The number of carbonyl (C=O) groups excluding carboxylic acids is 2. The number of urea groups is 1. The number of nitriles is 1. The Bertz CT molecular complexity index is 782. The molecule has 0 bridgehead atoms. The number of nitrogens with one attached hydrogen (secondary N) is 1. The zero-order chi connectivity index (χ0) is 17.0. The number of amides is 3. The van der Waals surface area contributed by atoms with Crippen molar-refractivity contribution in [2.45, 2.75) is 18.9 Å². The van der Waals surface area contributed by atoms with E-state index in [1.54, 1.807) is 24.3 Å². The molecule has 0 saturated carbocycles. The molecule has 0 aliphatic carbocycles. The predicted molar refractivity (Wildman–Crippen MR) is 87.3 cm³/mol. The molecule has 0 unspecified atom stereocenters. The van der Waals surface area contributed by atoms with Crippen LogP contribution >= 0.6 is 0 Å². The first kappa shape index (κ1) is 17.0. The lowest BCUT2D eigenvalue weighted by atomic mass is 10.2. The molecule has 1 aromatic rings. The largest absolute Gasteiger partial charge is 0.322 e. The molecule has 1 saturated heterocycles. The van der Waals surface area contributed by atoms with Crippen LogP contribution < -0.4 is 5.32 Å². The van der Waals surface area contributed by atoms with Gasteiger partial charge in [0.25, 0.3) is 5.91 Å². The van der Waals surface area contributed by atoms with Crippen molar-refractivity contribution in [3.05, 3.63) is 29.8 Å². The summed E-state index contributed by atoms with van der Waals surface area (Å²) in [5.41, 5.74) is 0.919. The van der Waals surface area contributed by atoms with Crippen LogP contribution in [0.4, 0.5) is 10.5 Å². The lowest BCUT2D eigenvalue weighted by Crippen LogP contribution is -2.42. The van der Waals surface area contributed by atoms with E-state index in [9.17, 15) is 13.8 Å². The molecule has 2 rings (SSSR count). The lowest BCUT2D eigenvalue weighted by molar-refractivity contribution is -0.121. The van der Waals surface area contributed by atoms with Crippen LogP contribution in [0.15, 0.2) is 28.6 Å². The molecule has 1 aliphatic rings. The number of nitrogens with zero attached hydrogens (tertiary/aromatic N) is 3. The molecule has 0 radical (unpaired) electrons. The molecule has 122 valence electrons. The van der Waals surface area contributed by atoms with Gasteiger partial charge in [0.05, 0.1) is 11.6 Å². The van der Waals surface area contributed by atoms with Gasteiger partial charge < -0.3 is 10.2 Å². The van der Waals surface area contributed by atoms with Crippen molar-refractivity contribution in [2.24, 2.45) is 4.36 Å². The molecule has 7 nitrogen and oxygen atoms in total. The Morgan fingerprint density at radius 2 is 2.17 bits per heavy atom. The van der Waals surface area contributed by atoms with E-state index in [4.69, 9.17) is 5.26 Å². The number of benzene rings is 1. The van der Waals surface area contributed by atoms with Crippen molar-refractivity contribution in [3.63, 3.8) is 0 Å². The standard InChI is InChI=1S/C15H18N4O3S/c1-23(2,22)18-14(20)13-7-4-8-19(13)15(21)17-12-6-3-5-11(9-12)10-16/h3,5-6,9,13H,4,7-8H2,1-2H3,(H,17,21)/t13-/m0/s1. The van der Waals surface area contributed by atoms with Crippen LogP contribution in [-0.4, -0.2) is 46.1 Å². The van der Waals surface area contributed by atoms with Gasteiger partial charge >= 0.3 is 6.03 Å². The van der Waals surface area contributed by atoms with Gasteiger partial charge in [0.15, 0.2) is 0 Å². The summed E-state index contributed by atoms with van der Waals surface area (Å²) in [6.07, 6.45) is 3.96. The maximum atomic E-state index is 12.4. The summed E-state index contributed by atoms with van der Waals surface area (Å²) < 4.78 is 15.3. The van der Waals surface area contributed by atoms with E-state index < -0.39 is 27.7 Å². The minimum absolute atomic E-state index is 0.426. The van der Waals surface area contributed by atoms with Gasteiger partial charge in [-0.05, 0) is 31.0 Å². The van der Waals surface area contributed by atoms with E-state index >= 15 is 0 Å². The van der Waals surface area contributed by atoms with Gasteiger partial charge in [-0.25, -0.2) is 9.00 Å². The summed E-state index contributed by atoms with van der Waals surface area (Å²) in [6.45, 7) is 0.435. The van der Waals surface area contributed by atoms with Crippen molar-refractivity contribution in [1.29, 1.82) is 5.26 Å². The second-order valence-electron chi connectivity index (χ2n) is 5.58. The van der Waals surface area contributed by atoms with Gasteiger partial charge in [0.1, 0.15) is 6.04 Å². The summed E-state index contributed by atoms with van der Waals surface area (Å²) in [7, 11) is -2.55. The molecule has 1 aromatic carbocycles. The molecule has 0 aromatic heterocycles. The quantitative estimate of drug-likeness (QED) is 0.891. The summed E-state index contributed by atoms with van der Waals surface area (Å²) in [6, 6.07) is 7.41. The first-order chi connectivity index (χ1) is 10.8. The van der Waals surface area contributed by atoms with Gasteiger partial charge in [-0.1, -0.05) is 6.07 Å². The Kier molecular flexibility index (Phi) is 5.01. The van der Waals surface area contributed by atoms with E-state index in [0.29, 0.717) is 30.6 Å². The third-order valence-corrected chi connectivity index (χ3v) is 3.97. The first-order valence-electron chi connectivity index (χ1n) is 7.09. The van der Waals surface area contributed by atoms with E-state index in [-0.39, 0.29) is 0 Å². The van der Waals surface area contributed by atoms with Gasteiger partial charge in [-0.2, -0.15) is 9.62 Å². The highest BCUT2D eigenvalue weighted by Gasteiger charge is 2.34. The molecular weight excluding hydrogens is 316 g/mol. The van der Waals surface area contributed by atoms with E-state index in [0.717, 1.165) is 0 Å². The zero-order valence-electron chi connectivity index (χ0n) is 13.0. The number of hydrogen-bond acceptors (Lipinski definition) is 4. The van der Waals surface area contributed by atoms with Gasteiger partial charge in [0, 0.05) is 34.5 Å². The fourth-order valence-corrected chi connectivity index (χ4v) is 2.96. The third kappa shape index (κ3) is 4.53. The highest BCUT2D eigenvalue weighted by molar-refractivity contribution is 7.92. The Hall–Kier alpha value is -2.40. The molecule has 1 heterocycles. The lowest BCUT2D eigenvalue weighted by Gasteiger charge is -2.22. The average Bonchev–Trinajstić information content (AvgIpc) is 2.95. The monoisotopic (exact) mass is 334 g/mol. The average molecular weight is 334 g/mol. The number of anilines is 1. The number of hydrogen-bond donors (Lipinski definition) is 1. The van der Waals surface area contributed by atoms with Gasteiger partial charge in [-0.3, -0.25) is 4.79 Å². The maximum Gasteiger partial charge on any atom is 0.322 e. The van der Waals surface area contributed by atoms with E-state index in [2.05, 4.69) is 9.68 Å². The van der Waals surface area contributed by atoms with Crippen molar-refractivity contribution < 1.29 is 13.8 Å². The molecule has 1 N–H and O–H groups in total. The molecule has 1 aliphatic heterocycles. The normalized spacial score (nSPS) is 17.4. The number of carbonyl (C=O) groups is 2. The molecule has 23 heavy (non-hydrogen) atoms. The van der Waals surface area contributed by atoms with Crippen molar-refractivity contribution in [1.82, 2.24) is 4.90 Å². The fraction of sp³-hybridized carbons (Fsp3) is 0.400. The SMILES string of the molecule is CS(C)(=O)=NC(=O)[C@@H]1CCCN1C(=O)Nc1cccc(C#N)c1. The maximum absolute atomic E-state index is 12.4. The molecule has 8 heteroatoms. The van der Waals surface area contributed by atoms with Crippen LogP contribution in [0.1, 0.15) is 18.4 Å². The highest BCUT2D eigenvalue weighted by Crippen LogP contribution is 2.21. The van der Waals surface area contributed by atoms with E-state index in [1.807, 2.05) is 6.07 Å². The fourth-order valence-electron chi connectivity index (χ4n) is 2.41. The van der Waals surface area contributed by atoms with Gasteiger partial charge in [0.2, 0.25) is 0 Å². The second-order valence-corrected chi connectivity index (χ2v) is 8.13. The summed E-state index contributed by atoms with van der Waals surface area (Å²) in [5, 5.41) is 11.6. The Morgan fingerprint density at radius 1 is 1.43 bits per heavy atom. The Morgan fingerprint density at radius 3 is 2.83 bits per heavy atom. The summed E-state index contributed by atoms with van der Waals surface area (Å²) in [5.74, 6) is -0.529.